The number of carboxylic acid groups (broad SMARTS) is 1. The monoisotopic (exact) mass is 238 g/mol. The molecule has 0 saturated carbocycles. The number of aliphatic carboxylic acids is 1. The van der Waals surface area contributed by atoms with E-state index in [1.165, 1.54) is 0 Å². The minimum atomic E-state index is -1.01. The van der Waals surface area contributed by atoms with Crippen molar-refractivity contribution < 1.29 is 14.6 Å². The van der Waals surface area contributed by atoms with Crippen LogP contribution in [0.1, 0.15) is 44.6 Å². The lowest BCUT2D eigenvalue weighted by atomic mass is 10.2. The van der Waals surface area contributed by atoms with Gasteiger partial charge in [0.15, 0.2) is 6.61 Å². The lowest BCUT2D eigenvalue weighted by Crippen LogP contribution is -2.12. The molecule has 0 unspecified atom stereocenters. The van der Waals surface area contributed by atoms with Crippen molar-refractivity contribution in [3.05, 3.63) is 17.6 Å². The van der Waals surface area contributed by atoms with E-state index < -0.39 is 5.97 Å². The molecule has 0 aliphatic carbocycles. The van der Waals surface area contributed by atoms with Crippen LogP contribution in [0.3, 0.4) is 0 Å². The summed E-state index contributed by atoms with van der Waals surface area (Å²) in [5.74, 6) is 0.219. The molecule has 0 spiro atoms. The van der Waals surface area contributed by atoms with Crippen LogP contribution in [0.2, 0.25) is 0 Å². The quantitative estimate of drug-likeness (QED) is 0.820. The van der Waals surface area contributed by atoms with Crippen molar-refractivity contribution in [1.29, 1.82) is 0 Å². The summed E-state index contributed by atoms with van der Waals surface area (Å²) in [5.41, 5.74) is 0.895. The molecule has 0 aliphatic heterocycles. The van der Waals surface area contributed by atoms with Gasteiger partial charge in [0, 0.05) is 17.7 Å². The Morgan fingerprint density at radius 3 is 2.71 bits per heavy atom. The first-order chi connectivity index (χ1) is 8.02. The van der Waals surface area contributed by atoms with Gasteiger partial charge < -0.3 is 9.84 Å². The molecule has 5 heteroatoms. The summed E-state index contributed by atoms with van der Waals surface area (Å²) in [5, 5.41) is 8.56. The minimum absolute atomic E-state index is 0.194. The molecule has 0 bridgehead atoms. The average molecular weight is 238 g/mol. The fourth-order valence-electron chi connectivity index (χ4n) is 1.34. The van der Waals surface area contributed by atoms with Crippen molar-refractivity contribution >= 4 is 5.97 Å². The van der Waals surface area contributed by atoms with Crippen molar-refractivity contribution in [3.63, 3.8) is 0 Å². The van der Waals surface area contributed by atoms with Gasteiger partial charge in [-0.05, 0) is 6.42 Å². The Kier molecular flexibility index (Phi) is 4.87. The highest BCUT2D eigenvalue weighted by atomic mass is 16.5. The molecule has 1 aromatic heterocycles. The minimum Gasteiger partial charge on any atom is -0.479 e. The van der Waals surface area contributed by atoms with E-state index in [1.54, 1.807) is 6.07 Å². The fourth-order valence-corrected chi connectivity index (χ4v) is 1.34. The molecule has 5 nitrogen and oxygen atoms in total. The molecule has 0 atom stereocenters. The zero-order valence-electron chi connectivity index (χ0n) is 10.4. The van der Waals surface area contributed by atoms with Gasteiger partial charge in [0.05, 0.1) is 0 Å². The molecule has 0 saturated heterocycles. The molecule has 1 rings (SSSR count). The molecule has 0 amide bonds. The Bertz CT molecular complexity index is 391. The van der Waals surface area contributed by atoms with Gasteiger partial charge in [-0.3, -0.25) is 0 Å². The van der Waals surface area contributed by atoms with Crippen LogP contribution in [0.25, 0.3) is 0 Å². The highest BCUT2D eigenvalue weighted by Gasteiger charge is 2.09. The first kappa shape index (κ1) is 13.4. The van der Waals surface area contributed by atoms with Gasteiger partial charge in [0.1, 0.15) is 5.82 Å². The summed E-state index contributed by atoms with van der Waals surface area (Å²) in [7, 11) is 0. The van der Waals surface area contributed by atoms with E-state index in [4.69, 9.17) is 9.84 Å². The fraction of sp³-hybridized carbons (Fsp3) is 0.583. The number of aryl methyl sites for hydroxylation is 1. The topological polar surface area (TPSA) is 72.3 Å². The van der Waals surface area contributed by atoms with Crippen LogP contribution in [0.4, 0.5) is 0 Å². The van der Waals surface area contributed by atoms with E-state index >= 15 is 0 Å². The molecule has 1 aromatic rings. The molecule has 0 aliphatic rings. The van der Waals surface area contributed by atoms with Crippen LogP contribution in [0.5, 0.6) is 5.88 Å². The molecule has 1 N–H and O–H groups in total. The lowest BCUT2D eigenvalue weighted by Gasteiger charge is -2.09. The first-order valence-electron chi connectivity index (χ1n) is 5.75. The van der Waals surface area contributed by atoms with E-state index in [1.807, 2.05) is 13.8 Å². The van der Waals surface area contributed by atoms with Crippen molar-refractivity contribution in [3.8, 4) is 5.88 Å². The van der Waals surface area contributed by atoms with E-state index in [-0.39, 0.29) is 12.5 Å². The van der Waals surface area contributed by atoms with Crippen molar-refractivity contribution in [2.45, 2.75) is 39.5 Å². The Morgan fingerprint density at radius 1 is 1.47 bits per heavy atom. The number of rotatable bonds is 6. The molecular formula is C12H18N2O3. The number of hydrogen-bond donors (Lipinski definition) is 1. The Balaban J connectivity index is 2.90. The van der Waals surface area contributed by atoms with Gasteiger partial charge in [0.25, 0.3) is 0 Å². The van der Waals surface area contributed by atoms with Crippen molar-refractivity contribution in [2.75, 3.05) is 6.61 Å². The second-order valence-corrected chi connectivity index (χ2v) is 4.14. The third kappa shape index (κ3) is 4.38. The van der Waals surface area contributed by atoms with E-state index in [0.29, 0.717) is 11.7 Å². The van der Waals surface area contributed by atoms with Gasteiger partial charge in [-0.1, -0.05) is 27.2 Å². The SMILES string of the molecule is CCCc1cc(OCC(=O)O)nc(C(C)C)n1. The summed E-state index contributed by atoms with van der Waals surface area (Å²) in [6, 6.07) is 1.71. The van der Waals surface area contributed by atoms with Gasteiger partial charge in [-0.2, -0.15) is 4.98 Å². The summed E-state index contributed by atoms with van der Waals surface area (Å²) in [4.78, 5) is 19.0. The Morgan fingerprint density at radius 2 is 2.18 bits per heavy atom. The highest BCUT2D eigenvalue weighted by Crippen LogP contribution is 2.16. The van der Waals surface area contributed by atoms with Crippen molar-refractivity contribution in [2.24, 2.45) is 0 Å². The van der Waals surface area contributed by atoms with Crippen LogP contribution >= 0.6 is 0 Å². The van der Waals surface area contributed by atoms with Crippen LogP contribution < -0.4 is 4.74 Å². The normalized spacial score (nSPS) is 10.6. The zero-order chi connectivity index (χ0) is 12.8. The number of aromatic nitrogens is 2. The summed E-state index contributed by atoms with van der Waals surface area (Å²) < 4.78 is 5.09. The van der Waals surface area contributed by atoms with E-state index in [0.717, 1.165) is 18.5 Å². The predicted octanol–water partition coefficient (Wildman–Crippen LogP) is 2.02. The Labute approximate surface area is 101 Å². The van der Waals surface area contributed by atoms with Crippen LogP contribution in [-0.4, -0.2) is 27.7 Å². The maximum atomic E-state index is 10.4. The van der Waals surface area contributed by atoms with Crippen LogP contribution in [0, 0.1) is 0 Å². The number of hydrogen-bond acceptors (Lipinski definition) is 4. The Hall–Kier alpha value is -1.65. The van der Waals surface area contributed by atoms with Gasteiger partial charge >= 0.3 is 5.97 Å². The summed E-state index contributed by atoms with van der Waals surface area (Å²) >= 11 is 0. The molecule has 17 heavy (non-hydrogen) atoms. The molecular weight excluding hydrogens is 220 g/mol. The third-order valence-corrected chi connectivity index (χ3v) is 2.14. The third-order valence-electron chi connectivity index (χ3n) is 2.14. The lowest BCUT2D eigenvalue weighted by molar-refractivity contribution is -0.139. The van der Waals surface area contributed by atoms with E-state index in [9.17, 15) is 4.79 Å². The maximum absolute atomic E-state index is 10.4. The van der Waals surface area contributed by atoms with Crippen LogP contribution in [0.15, 0.2) is 6.07 Å². The summed E-state index contributed by atoms with van der Waals surface area (Å²) in [6.07, 6.45) is 1.82. The van der Waals surface area contributed by atoms with Crippen molar-refractivity contribution in [1.82, 2.24) is 9.97 Å². The zero-order valence-corrected chi connectivity index (χ0v) is 10.4. The predicted molar refractivity (Wildman–Crippen MR) is 63.2 cm³/mol. The second-order valence-electron chi connectivity index (χ2n) is 4.14. The molecule has 0 fully saturated rings. The number of carbonyl (C=O) groups is 1. The average Bonchev–Trinajstić information content (AvgIpc) is 2.26. The second kappa shape index (κ2) is 6.18. The van der Waals surface area contributed by atoms with Gasteiger partial charge in [-0.25, -0.2) is 9.78 Å². The number of ether oxygens (including phenoxy) is 1. The largest absolute Gasteiger partial charge is 0.479 e. The molecule has 0 radical (unpaired) electrons. The molecule has 1 heterocycles. The van der Waals surface area contributed by atoms with E-state index in [2.05, 4.69) is 16.9 Å². The highest BCUT2D eigenvalue weighted by molar-refractivity contribution is 5.68. The molecule has 0 aromatic carbocycles. The maximum Gasteiger partial charge on any atom is 0.341 e. The standard InChI is InChI=1S/C12H18N2O3/c1-4-5-9-6-10(17-7-11(15)16)14-12(13-9)8(2)3/h6,8H,4-5,7H2,1-3H3,(H,15,16). The van der Waals surface area contributed by atoms with Crippen LogP contribution in [-0.2, 0) is 11.2 Å². The summed E-state index contributed by atoms with van der Waals surface area (Å²) in [6.45, 7) is 5.67. The van der Waals surface area contributed by atoms with Gasteiger partial charge in [0.2, 0.25) is 5.88 Å². The first-order valence-corrected chi connectivity index (χ1v) is 5.75. The molecule has 94 valence electrons. The number of carboxylic acids is 1. The van der Waals surface area contributed by atoms with Gasteiger partial charge in [-0.15, -0.1) is 0 Å². The number of nitrogens with zero attached hydrogens (tertiary/aromatic N) is 2. The smallest absolute Gasteiger partial charge is 0.341 e.